The van der Waals surface area contributed by atoms with Gasteiger partial charge in [-0.15, -0.1) is 11.6 Å². The van der Waals surface area contributed by atoms with Gasteiger partial charge in [0, 0.05) is 24.5 Å². The molecule has 0 atom stereocenters. The van der Waals surface area contributed by atoms with E-state index in [9.17, 15) is 0 Å². The second kappa shape index (κ2) is 5.32. The average Bonchev–Trinajstić information content (AvgIpc) is 2.72. The molecule has 0 aliphatic heterocycles. The third-order valence-corrected chi connectivity index (χ3v) is 2.79. The van der Waals surface area contributed by atoms with Crippen LogP contribution < -0.4 is 0 Å². The van der Waals surface area contributed by atoms with Crippen molar-refractivity contribution in [1.29, 1.82) is 0 Å². The normalized spacial score (nSPS) is 11.1. The molecule has 0 saturated carbocycles. The van der Waals surface area contributed by atoms with E-state index in [0.29, 0.717) is 11.8 Å². The summed E-state index contributed by atoms with van der Waals surface area (Å²) in [4.78, 5) is 4.01. The second-order valence-corrected chi connectivity index (χ2v) is 4.73. The Morgan fingerprint density at radius 1 is 1.29 bits per heavy atom. The fraction of sp³-hybridized carbons (Fsp3) is 0.385. The number of halogens is 1. The molecular formula is C13H16ClN3. The first-order chi connectivity index (χ1) is 8.20. The van der Waals surface area contributed by atoms with E-state index in [1.807, 2.05) is 22.9 Å². The highest BCUT2D eigenvalue weighted by Gasteiger charge is 2.09. The number of hydrogen-bond acceptors (Lipinski definition) is 2. The standard InChI is InChI=1S/C13H16ClN3/c1-10(2)9-17-12(8-14)7-13(16-17)11-3-5-15-6-4-11/h3-7,10H,8-9H2,1-2H3. The first kappa shape index (κ1) is 12.1. The molecule has 0 fully saturated rings. The molecule has 2 rings (SSSR count). The molecule has 0 spiro atoms. The summed E-state index contributed by atoms with van der Waals surface area (Å²) in [5.41, 5.74) is 3.10. The zero-order valence-electron chi connectivity index (χ0n) is 10.1. The Balaban J connectivity index is 2.34. The van der Waals surface area contributed by atoms with Crippen LogP contribution in [0.2, 0.25) is 0 Å². The van der Waals surface area contributed by atoms with E-state index in [-0.39, 0.29) is 0 Å². The quantitative estimate of drug-likeness (QED) is 0.778. The number of nitrogens with zero attached hydrogens (tertiary/aromatic N) is 3. The summed E-state index contributed by atoms with van der Waals surface area (Å²) >= 11 is 5.94. The smallest absolute Gasteiger partial charge is 0.0927 e. The second-order valence-electron chi connectivity index (χ2n) is 4.47. The van der Waals surface area contributed by atoms with Gasteiger partial charge in [-0.1, -0.05) is 13.8 Å². The maximum Gasteiger partial charge on any atom is 0.0927 e. The Bertz CT molecular complexity index is 477. The SMILES string of the molecule is CC(C)Cn1nc(-c2ccncc2)cc1CCl. The molecule has 0 unspecified atom stereocenters. The summed E-state index contributed by atoms with van der Waals surface area (Å²) in [6.45, 7) is 5.24. The molecule has 0 amide bonds. The van der Waals surface area contributed by atoms with E-state index in [1.165, 1.54) is 0 Å². The van der Waals surface area contributed by atoms with E-state index in [2.05, 4.69) is 23.9 Å². The zero-order chi connectivity index (χ0) is 12.3. The van der Waals surface area contributed by atoms with E-state index < -0.39 is 0 Å². The fourth-order valence-corrected chi connectivity index (χ4v) is 1.95. The van der Waals surface area contributed by atoms with Gasteiger partial charge in [-0.2, -0.15) is 5.10 Å². The van der Waals surface area contributed by atoms with E-state index >= 15 is 0 Å². The molecule has 0 N–H and O–H groups in total. The van der Waals surface area contributed by atoms with Crippen molar-refractivity contribution in [1.82, 2.24) is 14.8 Å². The van der Waals surface area contributed by atoms with Crippen molar-refractivity contribution < 1.29 is 0 Å². The zero-order valence-corrected chi connectivity index (χ0v) is 10.9. The van der Waals surface area contributed by atoms with Crippen molar-refractivity contribution in [3.05, 3.63) is 36.3 Å². The molecule has 0 aliphatic carbocycles. The van der Waals surface area contributed by atoms with Crippen LogP contribution in [-0.2, 0) is 12.4 Å². The predicted molar refractivity (Wildman–Crippen MR) is 69.9 cm³/mol. The van der Waals surface area contributed by atoms with Crippen LogP contribution in [0.1, 0.15) is 19.5 Å². The van der Waals surface area contributed by atoms with Gasteiger partial charge in [-0.3, -0.25) is 9.67 Å². The van der Waals surface area contributed by atoms with Gasteiger partial charge in [0.2, 0.25) is 0 Å². The van der Waals surface area contributed by atoms with E-state index in [1.54, 1.807) is 12.4 Å². The van der Waals surface area contributed by atoms with Crippen LogP contribution in [0.25, 0.3) is 11.3 Å². The van der Waals surface area contributed by atoms with Gasteiger partial charge in [-0.05, 0) is 24.1 Å². The number of rotatable bonds is 4. The molecule has 0 saturated heterocycles. The predicted octanol–water partition coefficient (Wildman–Crippen LogP) is 3.34. The third kappa shape index (κ3) is 2.86. The topological polar surface area (TPSA) is 30.7 Å². The lowest BCUT2D eigenvalue weighted by Crippen LogP contribution is -2.08. The van der Waals surface area contributed by atoms with Gasteiger partial charge in [0.1, 0.15) is 0 Å². The molecule has 2 heterocycles. The van der Waals surface area contributed by atoms with Crippen molar-refractivity contribution in [2.24, 2.45) is 5.92 Å². The van der Waals surface area contributed by atoms with E-state index in [0.717, 1.165) is 23.5 Å². The minimum Gasteiger partial charge on any atom is -0.267 e. The first-order valence-electron chi connectivity index (χ1n) is 5.73. The molecule has 17 heavy (non-hydrogen) atoms. The fourth-order valence-electron chi connectivity index (χ4n) is 1.73. The molecule has 4 heteroatoms. The molecule has 3 nitrogen and oxygen atoms in total. The summed E-state index contributed by atoms with van der Waals surface area (Å²) in [6.07, 6.45) is 3.55. The van der Waals surface area contributed by atoms with Gasteiger partial charge in [0.15, 0.2) is 0 Å². The first-order valence-corrected chi connectivity index (χ1v) is 6.27. The maximum absolute atomic E-state index is 5.94. The van der Waals surface area contributed by atoms with Gasteiger partial charge in [-0.25, -0.2) is 0 Å². The van der Waals surface area contributed by atoms with Crippen molar-refractivity contribution in [3.8, 4) is 11.3 Å². The molecular weight excluding hydrogens is 234 g/mol. The molecule has 2 aromatic rings. The van der Waals surface area contributed by atoms with Crippen LogP contribution in [0.15, 0.2) is 30.6 Å². The maximum atomic E-state index is 5.94. The van der Waals surface area contributed by atoms with Gasteiger partial charge < -0.3 is 0 Å². The van der Waals surface area contributed by atoms with Crippen molar-refractivity contribution >= 4 is 11.6 Å². The highest BCUT2D eigenvalue weighted by atomic mass is 35.5. The molecule has 0 radical (unpaired) electrons. The summed E-state index contributed by atoms with van der Waals surface area (Å²) in [7, 11) is 0. The van der Waals surface area contributed by atoms with Crippen LogP contribution in [-0.4, -0.2) is 14.8 Å². The number of hydrogen-bond donors (Lipinski definition) is 0. The Kier molecular flexibility index (Phi) is 3.79. The number of aromatic nitrogens is 3. The average molecular weight is 250 g/mol. The van der Waals surface area contributed by atoms with Crippen molar-refractivity contribution in [2.75, 3.05) is 0 Å². The molecule has 0 bridgehead atoms. The Labute approximate surface area is 106 Å². The lowest BCUT2D eigenvalue weighted by Gasteiger charge is -2.07. The summed E-state index contributed by atoms with van der Waals surface area (Å²) in [5.74, 6) is 1.05. The number of alkyl halides is 1. The number of pyridine rings is 1. The minimum absolute atomic E-state index is 0.491. The monoisotopic (exact) mass is 249 g/mol. The highest BCUT2D eigenvalue weighted by molar-refractivity contribution is 6.16. The lowest BCUT2D eigenvalue weighted by atomic mass is 10.2. The molecule has 90 valence electrons. The van der Waals surface area contributed by atoms with Crippen LogP contribution in [0, 0.1) is 5.92 Å². The van der Waals surface area contributed by atoms with Crippen LogP contribution in [0.5, 0.6) is 0 Å². The Morgan fingerprint density at radius 2 is 2.00 bits per heavy atom. The Hall–Kier alpha value is -1.35. The Morgan fingerprint density at radius 3 is 2.59 bits per heavy atom. The van der Waals surface area contributed by atoms with Crippen molar-refractivity contribution in [3.63, 3.8) is 0 Å². The summed E-state index contributed by atoms with van der Waals surface area (Å²) in [6, 6.07) is 5.96. The third-order valence-electron chi connectivity index (χ3n) is 2.51. The van der Waals surface area contributed by atoms with Gasteiger partial charge in [0.25, 0.3) is 0 Å². The summed E-state index contributed by atoms with van der Waals surface area (Å²) < 4.78 is 1.99. The van der Waals surface area contributed by atoms with E-state index in [4.69, 9.17) is 11.6 Å². The molecule has 0 aromatic carbocycles. The molecule has 2 aromatic heterocycles. The van der Waals surface area contributed by atoms with Crippen molar-refractivity contribution in [2.45, 2.75) is 26.3 Å². The van der Waals surface area contributed by atoms with Gasteiger partial charge >= 0.3 is 0 Å². The molecule has 0 aliphatic rings. The van der Waals surface area contributed by atoms with Crippen LogP contribution in [0.3, 0.4) is 0 Å². The highest BCUT2D eigenvalue weighted by Crippen LogP contribution is 2.20. The minimum atomic E-state index is 0.491. The van der Waals surface area contributed by atoms with Gasteiger partial charge in [0.05, 0.1) is 17.3 Å². The van der Waals surface area contributed by atoms with Crippen LogP contribution in [0.4, 0.5) is 0 Å². The largest absolute Gasteiger partial charge is 0.267 e. The van der Waals surface area contributed by atoms with Crippen LogP contribution >= 0.6 is 11.6 Å². The lowest BCUT2D eigenvalue weighted by molar-refractivity contribution is 0.474. The summed E-state index contributed by atoms with van der Waals surface area (Å²) in [5, 5.41) is 4.60.